The third kappa shape index (κ3) is 2.59. The number of aliphatic hydroxyl groups excluding tert-OH is 1. The van der Waals surface area contributed by atoms with E-state index in [1.807, 2.05) is 12.1 Å². The first kappa shape index (κ1) is 11.1. The van der Waals surface area contributed by atoms with Crippen LogP contribution in [0.25, 0.3) is 0 Å². The zero-order valence-electron chi connectivity index (χ0n) is 8.97. The third-order valence-corrected chi connectivity index (χ3v) is 2.85. The number of hydrogen-bond acceptors (Lipinski definition) is 3. The van der Waals surface area contributed by atoms with Gasteiger partial charge >= 0.3 is 5.97 Å². The van der Waals surface area contributed by atoms with Crippen molar-refractivity contribution in [2.45, 2.75) is 19.1 Å². The Morgan fingerprint density at radius 1 is 1.38 bits per heavy atom. The second-order valence-electron chi connectivity index (χ2n) is 4.18. The molecule has 1 aliphatic rings. The topological polar surface area (TPSA) is 60.8 Å². The molecule has 0 aliphatic carbocycles. The molecule has 0 saturated carbocycles. The number of carbonyl (C=O) groups is 1. The van der Waals surface area contributed by atoms with E-state index in [-0.39, 0.29) is 6.10 Å². The smallest absolute Gasteiger partial charge is 0.335 e. The van der Waals surface area contributed by atoms with Crippen LogP contribution in [0.4, 0.5) is 0 Å². The van der Waals surface area contributed by atoms with Crippen molar-refractivity contribution in [2.75, 3.05) is 13.1 Å². The van der Waals surface area contributed by atoms with E-state index >= 15 is 0 Å². The molecule has 4 heteroatoms. The second kappa shape index (κ2) is 4.63. The van der Waals surface area contributed by atoms with Gasteiger partial charge in [-0.3, -0.25) is 4.90 Å². The van der Waals surface area contributed by atoms with Crippen molar-refractivity contribution in [3.8, 4) is 0 Å². The van der Waals surface area contributed by atoms with Crippen molar-refractivity contribution < 1.29 is 15.0 Å². The van der Waals surface area contributed by atoms with Crippen molar-refractivity contribution in [2.24, 2.45) is 0 Å². The summed E-state index contributed by atoms with van der Waals surface area (Å²) in [5.74, 6) is -0.900. The Kier molecular flexibility index (Phi) is 3.22. The maximum absolute atomic E-state index is 10.7. The van der Waals surface area contributed by atoms with E-state index < -0.39 is 5.97 Å². The summed E-state index contributed by atoms with van der Waals surface area (Å²) in [7, 11) is 0. The molecule has 1 aromatic carbocycles. The van der Waals surface area contributed by atoms with E-state index in [1.165, 1.54) is 0 Å². The highest BCUT2D eigenvalue weighted by Crippen LogP contribution is 2.13. The van der Waals surface area contributed by atoms with Crippen LogP contribution in [0, 0.1) is 0 Å². The van der Waals surface area contributed by atoms with Crippen LogP contribution in [0.15, 0.2) is 24.3 Å². The molecule has 0 spiro atoms. The predicted octanol–water partition coefficient (Wildman–Crippen LogP) is 0.951. The molecule has 86 valence electrons. The molecule has 1 aliphatic heterocycles. The molecule has 0 bridgehead atoms. The molecule has 0 amide bonds. The fourth-order valence-corrected chi connectivity index (χ4v) is 1.97. The molecule has 1 aromatic rings. The quantitative estimate of drug-likeness (QED) is 0.797. The third-order valence-electron chi connectivity index (χ3n) is 2.85. The average molecular weight is 221 g/mol. The average Bonchev–Trinajstić information content (AvgIpc) is 2.65. The highest BCUT2D eigenvalue weighted by molar-refractivity contribution is 5.87. The number of carboxylic acids is 1. The maximum Gasteiger partial charge on any atom is 0.335 e. The Hall–Kier alpha value is -1.39. The Balaban J connectivity index is 1.97. The number of nitrogens with zero attached hydrogens (tertiary/aromatic N) is 1. The van der Waals surface area contributed by atoms with Gasteiger partial charge in [0.25, 0.3) is 0 Å². The molecule has 16 heavy (non-hydrogen) atoms. The molecule has 0 radical (unpaired) electrons. The maximum atomic E-state index is 10.7. The monoisotopic (exact) mass is 221 g/mol. The summed E-state index contributed by atoms with van der Waals surface area (Å²) in [4.78, 5) is 12.8. The van der Waals surface area contributed by atoms with Gasteiger partial charge in [0, 0.05) is 19.6 Å². The minimum absolute atomic E-state index is 0.210. The van der Waals surface area contributed by atoms with Crippen LogP contribution in [-0.2, 0) is 6.54 Å². The minimum atomic E-state index is -0.900. The van der Waals surface area contributed by atoms with Crippen LogP contribution in [0.2, 0.25) is 0 Å². The van der Waals surface area contributed by atoms with E-state index in [0.29, 0.717) is 12.1 Å². The van der Waals surface area contributed by atoms with Crippen molar-refractivity contribution in [1.29, 1.82) is 0 Å². The summed E-state index contributed by atoms with van der Waals surface area (Å²) < 4.78 is 0. The Morgan fingerprint density at radius 3 is 2.56 bits per heavy atom. The van der Waals surface area contributed by atoms with E-state index in [1.54, 1.807) is 12.1 Å². The standard InChI is InChI=1S/C12H15NO3/c14-11-5-6-13(8-11)7-9-1-3-10(4-2-9)12(15)16/h1-4,11,14H,5-8H2,(H,15,16)/t11-/m1/s1. The van der Waals surface area contributed by atoms with Gasteiger partial charge in [0.15, 0.2) is 0 Å². The highest BCUT2D eigenvalue weighted by Gasteiger charge is 2.19. The highest BCUT2D eigenvalue weighted by atomic mass is 16.4. The zero-order chi connectivity index (χ0) is 11.5. The Morgan fingerprint density at radius 2 is 2.06 bits per heavy atom. The minimum Gasteiger partial charge on any atom is -0.478 e. The predicted molar refractivity (Wildman–Crippen MR) is 59.3 cm³/mol. The first-order valence-electron chi connectivity index (χ1n) is 5.38. The molecule has 2 N–H and O–H groups in total. The lowest BCUT2D eigenvalue weighted by molar-refractivity contribution is 0.0697. The molecule has 2 rings (SSSR count). The van der Waals surface area contributed by atoms with Gasteiger partial charge in [-0.05, 0) is 24.1 Å². The summed E-state index contributed by atoms with van der Waals surface area (Å²) >= 11 is 0. The van der Waals surface area contributed by atoms with Crippen molar-refractivity contribution >= 4 is 5.97 Å². The number of likely N-dealkylation sites (tertiary alicyclic amines) is 1. The molecule has 0 unspecified atom stereocenters. The zero-order valence-corrected chi connectivity index (χ0v) is 8.97. The first-order chi connectivity index (χ1) is 7.65. The number of rotatable bonds is 3. The number of aliphatic hydroxyl groups is 1. The number of benzene rings is 1. The summed E-state index contributed by atoms with van der Waals surface area (Å²) in [6.07, 6.45) is 0.617. The van der Waals surface area contributed by atoms with E-state index in [2.05, 4.69) is 4.90 Å². The van der Waals surface area contributed by atoms with Gasteiger partial charge in [-0.15, -0.1) is 0 Å². The lowest BCUT2D eigenvalue weighted by Gasteiger charge is -2.14. The summed E-state index contributed by atoms with van der Waals surface area (Å²) in [5.41, 5.74) is 1.39. The Labute approximate surface area is 94.1 Å². The SMILES string of the molecule is O=C(O)c1ccc(CN2CC[C@@H](O)C2)cc1. The first-order valence-corrected chi connectivity index (χ1v) is 5.38. The number of aromatic carboxylic acids is 1. The van der Waals surface area contributed by atoms with Crippen molar-refractivity contribution in [3.05, 3.63) is 35.4 Å². The summed E-state index contributed by atoms with van der Waals surface area (Å²) in [6.45, 7) is 2.39. The van der Waals surface area contributed by atoms with Crippen molar-refractivity contribution in [3.63, 3.8) is 0 Å². The fourth-order valence-electron chi connectivity index (χ4n) is 1.97. The normalized spacial score (nSPS) is 21.2. The van der Waals surface area contributed by atoms with Gasteiger partial charge in [0.1, 0.15) is 0 Å². The van der Waals surface area contributed by atoms with Gasteiger partial charge in [-0.1, -0.05) is 12.1 Å². The summed E-state index contributed by atoms with van der Waals surface area (Å²) in [5, 5.41) is 18.1. The van der Waals surface area contributed by atoms with Gasteiger partial charge in [0.05, 0.1) is 11.7 Å². The molecule has 1 saturated heterocycles. The van der Waals surface area contributed by atoms with E-state index in [9.17, 15) is 9.90 Å². The number of carboxylic acid groups (broad SMARTS) is 1. The van der Waals surface area contributed by atoms with Crippen LogP contribution in [-0.4, -0.2) is 40.3 Å². The lowest BCUT2D eigenvalue weighted by Crippen LogP contribution is -2.21. The summed E-state index contributed by atoms with van der Waals surface area (Å²) in [6, 6.07) is 6.89. The number of β-amino-alcohol motifs (C(OH)–C–C–N with tert-alkyl or cyclic N) is 1. The van der Waals surface area contributed by atoms with E-state index in [4.69, 9.17) is 5.11 Å². The Bertz CT molecular complexity index is 374. The van der Waals surface area contributed by atoms with Gasteiger partial charge in [-0.25, -0.2) is 4.79 Å². The van der Waals surface area contributed by atoms with Crippen LogP contribution in [0.1, 0.15) is 22.3 Å². The van der Waals surface area contributed by atoms with Crippen molar-refractivity contribution in [1.82, 2.24) is 4.90 Å². The number of hydrogen-bond donors (Lipinski definition) is 2. The largest absolute Gasteiger partial charge is 0.478 e. The molecule has 0 aromatic heterocycles. The van der Waals surface area contributed by atoms with Gasteiger partial charge in [-0.2, -0.15) is 0 Å². The van der Waals surface area contributed by atoms with Crippen LogP contribution in [0.5, 0.6) is 0 Å². The van der Waals surface area contributed by atoms with Crippen LogP contribution in [0.3, 0.4) is 0 Å². The molecule has 1 fully saturated rings. The molecule has 1 heterocycles. The van der Waals surface area contributed by atoms with E-state index in [0.717, 1.165) is 25.1 Å². The van der Waals surface area contributed by atoms with Crippen LogP contribution < -0.4 is 0 Å². The van der Waals surface area contributed by atoms with Crippen LogP contribution >= 0.6 is 0 Å². The van der Waals surface area contributed by atoms with Gasteiger partial charge < -0.3 is 10.2 Å². The molecular formula is C12H15NO3. The lowest BCUT2D eigenvalue weighted by atomic mass is 10.1. The second-order valence-corrected chi connectivity index (χ2v) is 4.18. The molecule has 1 atom stereocenters. The molecular weight excluding hydrogens is 206 g/mol. The fraction of sp³-hybridized carbons (Fsp3) is 0.417. The van der Waals surface area contributed by atoms with Gasteiger partial charge in [0.2, 0.25) is 0 Å². The molecule has 4 nitrogen and oxygen atoms in total.